The fourth-order valence-electron chi connectivity index (χ4n) is 2.61. The first-order valence-corrected chi connectivity index (χ1v) is 7.68. The van der Waals surface area contributed by atoms with Gasteiger partial charge in [0, 0.05) is 13.1 Å². The molecule has 6 heteroatoms. The van der Waals surface area contributed by atoms with Crippen LogP contribution < -0.4 is 5.32 Å². The van der Waals surface area contributed by atoms with Crippen LogP contribution in [0.5, 0.6) is 0 Å². The summed E-state index contributed by atoms with van der Waals surface area (Å²) >= 11 is 0. The third kappa shape index (κ3) is 6.54. The Kier molecular flexibility index (Phi) is 7.85. The largest absolute Gasteiger partial charge is 0.394 e. The number of carbonyl (C=O) groups excluding carboxylic acids is 2. The zero-order chi connectivity index (χ0) is 15.8. The summed E-state index contributed by atoms with van der Waals surface area (Å²) in [4.78, 5) is 25.6. The van der Waals surface area contributed by atoms with Crippen molar-refractivity contribution in [2.24, 2.45) is 5.92 Å². The van der Waals surface area contributed by atoms with Gasteiger partial charge in [0.15, 0.2) is 5.78 Å². The average molecular weight is 300 g/mol. The molecule has 1 saturated heterocycles. The van der Waals surface area contributed by atoms with Crippen LogP contribution in [0.2, 0.25) is 0 Å². The summed E-state index contributed by atoms with van der Waals surface area (Å²) in [5, 5.41) is 11.5. The van der Waals surface area contributed by atoms with Crippen molar-refractivity contribution in [2.75, 3.05) is 32.8 Å². The molecule has 1 unspecified atom stereocenters. The van der Waals surface area contributed by atoms with Crippen molar-refractivity contribution in [3.63, 3.8) is 0 Å². The van der Waals surface area contributed by atoms with E-state index in [2.05, 4.69) is 10.2 Å². The molecule has 0 saturated carbocycles. The molecule has 6 nitrogen and oxygen atoms in total. The lowest BCUT2D eigenvalue weighted by molar-refractivity contribution is -0.129. The zero-order valence-electron chi connectivity index (χ0n) is 13.3. The second kappa shape index (κ2) is 9.12. The number of nitrogens with zero attached hydrogens (tertiary/aromatic N) is 1. The third-order valence-corrected chi connectivity index (χ3v) is 3.77. The smallest absolute Gasteiger partial charge is 0.234 e. The molecule has 1 amide bonds. The maximum Gasteiger partial charge on any atom is 0.234 e. The highest BCUT2D eigenvalue weighted by Gasteiger charge is 2.24. The van der Waals surface area contributed by atoms with E-state index in [1.165, 1.54) is 6.92 Å². The molecular formula is C15H28N2O4. The van der Waals surface area contributed by atoms with E-state index in [-0.39, 0.29) is 30.3 Å². The Morgan fingerprint density at radius 1 is 1.33 bits per heavy atom. The van der Waals surface area contributed by atoms with Crippen LogP contribution in [0.15, 0.2) is 0 Å². The highest BCUT2D eigenvalue weighted by molar-refractivity contribution is 5.88. The standard InChI is InChI=1S/C15H28N2O4/c1-11(2)15(12(3)19)16-14(20)10-17-6-4-13(5-7-17)21-9-8-18/h11,13,15,18H,4-10H2,1-3H3,(H,16,20). The topological polar surface area (TPSA) is 78.9 Å². The van der Waals surface area contributed by atoms with Crippen LogP contribution in [0.25, 0.3) is 0 Å². The van der Waals surface area contributed by atoms with Gasteiger partial charge < -0.3 is 15.2 Å². The summed E-state index contributed by atoms with van der Waals surface area (Å²) in [5.74, 6) is -0.00263. The molecule has 0 aliphatic carbocycles. The van der Waals surface area contributed by atoms with Gasteiger partial charge in [0.2, 0.25) is 5.91 Å². The third-order valence-electron chi connectivity index (χ3n) is 3.77. The second-order valence-electron chi connectivity index (χ2n) is 5.97. The molecule has 0 aromatic rings. The minimum atomic E-state index is -0.400. The number of amides is 1. The molecule has 2 N–H and O–H groups in total. The lowest BCUT2D eigenvalue weighted by Gasteiger charge is -2.31. The Bertz CT molecular complexity index is 339. The minimum absolute atomic E-state index is 0.00513. The Labute approximate surface area is 126 Å². The Balaban J connectivity index is 2.31. The summed E-state index contributed by atoms with van der Waals surface area (Å²) < 4.78 is 5.49. The first-order valence-electron chi connectivity index (χ1n) is 7.68. The van der Waals surface area contributed by atoms with Gasteiger partial charge >= 0.3 is 0 Å². The van der Waals surface area contributed by atoms with E-state index >= 15 is 0 Å². The first kappa shape index (κ1) is 18.1. The van der Waals surface area contributed by atoms with Gasteiger partial charge in [0.1, 0.15) is 0 Å². The number of piperidine rings is 1. The quantitative estimate of drug-likeness (QED) is 0.669. The van der Waals surface area contributed by atoms with Gasteiger partial charge in [-0.05, 0) is 25.7 Å². The van der Waals surface area contributed by atoms with Crippen LogP contribution in [0, 0.1) is 5.92 Å². The van der Waals surface area contributed by atoms with Gasteiger partial charge in [-0.1, -0.05) is 13.8 Å². The lowest BCUT2D eigenvalue weighted by atomic mass is 10.0. The van der Waals surface area contributed by atoms with Crippen molar-refractivity contribution in [1.29, 1.82) is 0 Å². The van der Waals surface area contributed by atoms with E-state index in [4.69, 9.17) is 9.84 Å². The number of ketones is 1. The number of hydrogen-bond donors (Lipinski definition) is 2. The van der Waals surface area contributed by atoms with Gasteiger partial charge in [-0.3, -0.25) is 14.5 Å². The molecule has 122 valence electrons. The van der Waals surface area contributed by atoms with Crippen LogP contribution >= 0.6 is 0 Å². The number of aliphatic hydroxyl groups is 1. The lowest BCUT2D eigenvalue weighted by Crippen LogP contribution is -2.49. The number of likely N-dealkylation sites (tertiary alicyclic amines) is 1. The number of rotatable bonds is 8. The van der Waals surface area contributed by atoms with Crippen molar-refractivity contribution in [3.8, 4) is 0 Å². The van der Waals surface area contributed by atoms with Crippen molar-refractivity contribution < 1.29 is 19.4 Å². The second-order valence-corrected chi connectivity index (χ2v) is 5.97. The Morgan fingerprint density at radius 2 is 1.95 bits per heavy atom. The van der Waals surface area contributed by atoms with Crippen molar-refractivity contribution >= 4 is 11.7 Å². The summed E-state index contributed by atoms with van der Waals surface area (Å²) in [5.41, 5.74) is 0. The SMILES string of the molecule is CC(=O)C(NC(=O)CN1CCC(OCCO)CC1)C(C)C. The van der Waals surface area contributed by atoms with Crippen LogP contribution in [-0.4, -0.2) is 66.7 Å². The predicted octanol–water partition coefficient (Wildman–Crippen LogP) is 0.190. The molecule has 1 aliphatic rings. The minimum Gasteiger partial charge on any atom is -0.394 e. The molecule has 1 aliphatic heterocycles. The fraction of sp³-hybridized carbons (Fsp3) is 0.867. The fourth-order valence-corrected chi connectivity index (χ4v) is 2.61. The van der Waals surface area contributed by atoms with Gasteiger partial charge in [0.25, 0.3) is 0 Å². The zero-order valence-corrected chi connectivity index (χ0v) is 13.3. The van der Waals surface area contributed by atoms with Gasteiger partial charge in [-0.15, -0.1) is 0 Å². The molecule has 1 rings (SSSR count). The van der Waals surface area contributed by atoms with Crippen molar-refractivity contribution in [3.05, 3.63) is 0 Å². The molecule has 1 atom stereocenters. The highest BCUT2D eigenvalue weighted by atomic mass is 16.5. The van der Waals surface area contributed by atoms with Crippen LogP contribution in [-0.2, 0) is 14.3 Å². The Morgan fingerprint density at radius 3 is 2.43 bits per heavy atom. The highest BCUT2D eigenvalue weighted by Crippen LogP contribution is 2.13. The molecule has 21 heavy (non-hydrogen) atoms. The molecule has 1 heterocycles. The van der Waals surface area contributed by atoms with E-state index in [1.54, 1.807) is 0 Å². The molecular weight excluding hydrogens is 272 g/mol. The van der Waals surface area contributed by atoms with Crippen LogP contribution in [0.1, 0.15) is 33.6 Å². The predicted molar refractivity (Wildman–Crippen MR) is 79.9 cm³/mol. The molecule has 1 fully saturated rings. The van der Waals surface area contributed by atoms with Gasteiger partial charge in [-0.2, -0.15) is 0 Å². The number of ether oxygens (including phenoxy) is 1. The summed E-state index contributed by atoms with van der Waals surface area (Å²) in [6.07, 6.45) is 1.92. The maximum atomic E-state index is 12.0. The van der Waals surface area contributed by atoms with E-state index in [0.29, 0.717) is 13.2 Å². The summed E-state index contributed by atoms with van der Waals surface area (Å²) in [6, 6.07) is -0.400. The van der Waals surface area contributed by atoms with Crippen molar-refractivity contribution in [1.82, 2.24) is 10.2 Å². The molecule has 0 radical (unpaired) electrons. The van der Waals surface area contributed by atoms with E-state index < -0.39 is 6.04 Å². The summed E-state index contributed by atoms with van der Waals surface area (Å²) in [6.45, 7) is 7.71. The maximum absolute atomic E-state index is 12.0. The van der Waals surface area contributed by atoms with E-state index in [1.807, 2.05) is 13.8 Å². The first-order chi connectivity index (χ1) is 9.93. The van der Waals surface area contributed by atoms with Gasteiger partial charge in [-0.25, -0.2) is 0 Å². The average Bonchev–Trinajstić information content (AvgIpc) is 2.43. The molecule has 0 spiro atoms. The number of aliphatic hydroxyl groups excluding tert-OH is 1. The van der Waals surface area contributed by atoms with Gasteiger partial charge in [0.05, 0.1) is 31.9 Å². The molecule has 0 bridgehead atoms. The van der Waals surface area contributed by atoms with E-state index in [0.717, 1.165) is 25.9 Å². The van der Waals surface area contributed by atoms with Crippen LogP contribution in [0.4, 0.5) is 0 Å². The van der Waals surface area contributed by atoms with E-state index in [9.17, 15) is 9.59 Å². The number of hydrogen-bond acceptors (Lipinski definition) is 5. The van der Waals surface area contributed by atoms with Crippen molar-refractivity contribution in [2.45, 2.75) is 45.8 Å². The monoisotopic (exact) mass is 300 g/mol. The number of Topliss-reactive ketones (excluding diaryl/α,β-unsaturated/α-hetero) is 1. The summed E-state index contributed by atoms with van der Waals surface area (Å²) in [7, 11) is 0. The number of carbonyl (C=O) groups is 2. The molecule has 0 aromatic heterocycles. The Hall–Kier alpha value is -0.980. The normalized spacial score (nSPS) is 18.7. The van der Waals surface area contributed by atoms with Crippen LogP contribution in [0.3, 0.4) is 0 Å². The molecule has 0 aromatic carbocycles. The number of nitrogens with one attached hydrogen (secondary N) is 1.